The van der Waals surface area contributed by atoms with Crippen LogP contribution in [0.3, 0.4) is 0 Å². The molecule has 4 aromatic rings. The number of para-hydroxylation sites is 1. The van der Waals surface area contributed by atoms with Crippen molar-refractivity contribution in [2.24, 2.45) is 0 Å². The van der Waals surface area contributed by atoms with Gasteiger partial charge in [-0.15, -0.1) is 0 Å². The number of nitrogens with one attached hydrogen (secondary N) is 1. The summed E-state index contributed by atoms with van der Waals surface area (Å²) in [5.41, 5.74) is 4.37. The number of benzene rings is 3. The van der Waals surface area contributed by atoms with Gasteiger partial charge in [0.15, 0.2) is 0 Å². The Morgan fingerprint density at radius 3 is 2.51 bits per heavy atom. The maximum absolute atomic E-state index is 13.7. The van der Waals surface area contributed by atoms with E-state index in [1.807, 2.05) is 48.5 Å². The van der Waals surface area contributed by atoms with E-state index in [2.05, 4.69) is 10.4 Å². The molecule has 1 amide bonds. The van der Waals surface area contributed by atoms with Crippen LogP contribution in [0.1, 0.15) is 39.0 Å². The molecular formula is C27H24ClN5O4. The second-order valence-corrected chi connectivity index (χ2v) is 9.19. The number of nitro groups is 1. The minimum atomic E-state index is -0.525. The summed E-state index contributed by atoms with van der Waals surface area (Å²) >= 11 is 6.11. The number of amides is 1. The molecule has 10 heteroatoms. The number of carbonyl (C=O) groups excluding carboxylic acids is 1. The molecule has 2 heterocycles. The molecule has 1 N–H and O–H groups in total. The van der Waals surface area contributed by atoms with E-state index in [1.165, 1.54) is 0 Å². The number of hydrogen-bond acceptors (Lipinski definition) is 6. The average molecular weight is 518 g/mol. The number of aromatic nitrogens is 2. The van der Waals surface area contributed by atoms with Gasteiger partial charge in [-0.25, -0.2) is 0 Å². The molecule has 0 bridgehead atoms. The molecule has 0 saturated carbocycles. The Morgan fingerprint density at radius 1 is 1.11 bits per heavy atom. The van der Waals surface area contributed by atoms with Gasteiger partial charge in [-0.05, 0) is 67.9 Å². The molecule has 0 fully saturated rings. The number of halogens is 1. The van der Waals surface area contributed by atoms with Gasteiger partial charge in [0.25, 0.3) is 5.91 Å². The molecule has 1 aliphatic rings. The summed E-state index contributed by atoms with van der Waals surface area (Å²) < 4.78 is 7.19. The van der Waals surface area contributed by atoms with Crippen LogP contribution in [-0.4, -0.2) is 27.7 Å². The van der Waals surface area contributed by atoms with Crippen LogP contribution in [-0.2, 0) is 6.54 Å². The molecule has 0 aliphatic carbocycles. The van der Waals surface area contributed by atoms with Crippen molar-refractivity contribution in [1.29, 1.82) is 0 Å². The summed E-state index contributed by atoms with van der Waals surface area (Å²) in [7, 11) is 1.57. The monoisotopic (exact) mass is 517 g/mol. The van der Waals surface area contributed by atoms with Gasteiger partial charge in [0.1, 0.15) is 23.3 Å². The van der Waals surface area contributed by atoms with E-state index in [0.29, 0.717) is 33.4 Å². The van der Waals surface area contributed by atoms with Crippen molar-refractivity contribution in [2.45, 2.75) is 26.6 Å². The second kappa shape index (κ2) is 9.59. The topological polar surface area (TPSA) is 103 Å². The van der Waals surface area contributed by atoms with Crippen molar-refractivity contribution in [3.63, 3.8) is 0 Å². The number of aryl methyl sites for hydroxylation is 1. The molecule has 0 radical (unpaired) electrons. The van der Waals surface area contributed by atoms with Crippen molar-refractivity contribution in [3.05, 3.63) is 110 Å². The van der Waals surface area contributed by atoms with Crippen LogP contribution in [0.5, 0.6) is 5.75 Å². The molecule has 3 aromatic carbocycles. The minimum absolute atomic E-state index is 0.000172. The van der Waals surface area contributed by atoms with Gasteiger partial charge in [-0.3, -0.25) is 24.5 Å². The second-order valence-electron chi connectivity index (χ2n) is 8.75. The van der Waals surface area contributed by atoms with Crippen molar-refractivity contribution in [1.82, 2.24) is 9.78 Å². The number of hydrogen-bond donors (Lipinski definition) is 1. The first kappa shape index (κ1) is 24.3. The Bertz CT molecular complexity index is 1520. The van der Waals surface area contributed by atoms with Crippen LogP contribution in [0.15, 0.2) is 66.7 Å². The molecule has 1 atom stereocenters. The van der Waals surface area contributed by atoms with Crippen LogP contribution in [0.2, 0.25) is 5.02 Å². The normalized spacial score (nSPS) is 14.8. The van der Waals surface area contributed by atoms with Gasteiger partial charge in [0, 0.05) is 22.0 Å². The summed E-state index contributed by atoms with van der Waals surface area (Å²) in [6.07, 6.45) is -0.525. The van der Waals surface area contributed by atoms with E-state index in [4.69, 9.17) is 16.3 Å². The number of anilines is 2. The summed E-state index contributed by atoms with van der Waals surface area (Å²) in [5.74, 6) is 0.466. The maximum Gasteiger partial charge on any atom is 0.312 e. The van der Waals surface area contributed by atoms with E-state index in [1.54, 1.807) is 48.7 Å². The highest BCUT2D eigenvalue weighted by Crippen LogP contribution is 2.38. The first-order chi connectivity index (χ1) is 17.8. The average Bonchev–Trinajstić information content (AvgIpc) is 3.17. The first-order valence-electron chi connectivity index (χ1n) is 11.6. The van der Waals surface area contributed by atoms with E-state index < -0.39 is 11.1 Å². The number of ether oxygens (including phenoxy) is 1. The Morgan fingerprint density at radius 2 is 1.84 bits per heavy atom. The third kappa shape index (κ3) is 4.38. The zero-order valence-electron chi connectivity index (χ0n) is 20.4. The Balaban J connectivity index is 1.60. The van der Waals surface area contributed by atoms with Gasteiger partial charge in [0.2, 0.25) is 0 Å². The number of rotatable bonds is 6. The van der Waals surface area contributed by atoms with Gasteiger partial charge < -0.3 is 10.1 Å². The highest BCUT2D eigenvalue weighted by molar-refractivity contribution is 6.30. The summed E-state index contributed by atoms with van der Waals surface area (Å²) in [6, 6.07) is 20.1. The van der Waals surface area contributed by atoms with Crippen LogP contribution in [0, 0.1) is 24.0 Å². The smallest absolute Gasteiger partial charge is 0.312 e. The van der Waals surface area contributed by atoms with Crippen molar-refractivity contribution in [3.8, 4) is 5.75 Å². The quantitative estimate of drug-likeness (QED) is 0.253. The number of carbonyl (C=O) groups is 1. The number of methoxy groups -OCH3 is 1. The van der Waals surface area contributed by atoms with Crippen LogP contribution >= 0.6 is 11.6 Å². The van der Waals surface area contributed by atoms with Crippen molar-refractivity contribution >= 4 is 34.6 Å². The molecule has 1 aromatic heterocycles. The lowest BCUT2D eigenvalue weighted by Crippen LogP contribution is -2.43. The Hall–Kier alpha value is -4.37. The Labute approximate surface area is 218 Å². The zero-order valence-corrected chi connectivity index (χ0v) is 21.2. The van der Waals surface area contributed by atoms with E-state index in [-0.39, 0.29) is 18.1 Å². The fourth-order valence-electron chi connectivity index (χ4n) is 4.71. The van der Waals surface area contributed by atoms with Gasteiger partial charge in [0.05, 0.1) is 24.1 Å². The van der Waals surface area contributed by atoms with E-state index in [9.17, 15) is 14.9 Å². The van der Waals surface area contributed by atoms with E-state index >= 15 is 0 Å². The number of fused-ring (bicyclic) bond motifs is 1. The highest BCUT2D eigenvalue weighted by atomic mass is 35.5. The molecule has 5 rings (SSSR count). The molecular weight excluding hydrogens is 494 g/mol. The first-order valence-corrected chi connectivity index (χ1v) is 12.0. The summed E-state index contributed by atoms with van der Waals surface area (Å²) in [6.45, 7) is 3.55. The predicted molar refractivity (Wildman–Crippen MR) is 142 cm³/mol. The van der Waals surface area contributed by atoms with Gasteiger partial charge >= 0.3 is 5.69 Å². The maximum atomic E-state index is 13.7. The Kier molecular flexibility index (Phi) is 6.31. The molecule has 9 nitrogen and oxygen atoms in total. The van der Waals surface area contributed by atoms with Crippen LogP contribution < -0.4 is 15.0 Å². The fraction of sp³-hybridized carbons (Fsp3) is 0.185. The molecule has 0 unspecified atom stereocenters. The fourth-order valence-corrected chi connectivity index (χ4v) is 4.84. The number of nitrogens with zero attached hydrogens (tertiary/aromatic N) is 4. The zero-order chi connectivity index (χ0) is 26.3. The molecule has 188 valence electrons. The van der Waals surface area contributed by atoms with E-state index in [0.717, 1.165) is 16.8 Å². The third-order valence-electron chi connectivity index (χ3n) is 6.50. The highest BCUT2D eigenvalue weighted by Gasteiger charge is 2.34. The summed E-state index contributed by atoms with van der Waals surface area (Å²) in [4.78, 5) is 26.4. The summed E-state index contributed by atoms with van der Waals surface area (Å²) in [5, 5.41) is 19.9. The molecule has 37 heavy (non-hydrogen) atoms. The van der Waals surface area contributed by atoms with Gasteiger partial charge in [-0.2, -0.15) is 5.10 Å². The SMILES string of the molecule is COc1ccc([C@@H]2Nc3ccccc3C(=O)N2c2ccc(Cl)cc2)cc1Cn1nc(C)c([N+](=O)[O-])c1C. The van der Waals surface area contributed by atoms with Crippen LogP contribution in [0.25, 0.3) is 0 Å². The van der Waals surface area contributed by atoms with Gasteiger partial charge in [-0.1, -0.05) is 29.8 Å². The van der Waals surface area contributed by atoms with Crippen LogP contribution in [0.4, 0.5) is 17.1 Å². The minimum Gasteiger partial charge on any atom is -0.496 e. The lowest BCUT2D eigenvalue weighted by Gasteiger charge is -2.38. The van der Waals surface area contributed by atoms with Crippen molar-refractivity contribution in [2.75, 3.05) is 17.3 Å². The third-order valence-corrected chi connectivity index (χ3v) is 6.75. The molecule has 1 aliphatic heterocycles. The molecule has 0 spiro atoms. The molecule has 0 saturated heterocycles. The standard InChI is InChI=1S/C27H24ClN5O4/c1-16-25(33(35)36)17(2)31(30-16)15-19-14-18(8-13-24(19)37-3)26-29-23-7-5-4-6-22(23)27(34)32(26)21-11-9-20(28)10-12-21/h4-14,26,29H,15H2,1-3H3/t26-/m1/s1. The van der Waals surface area contributed by atoms with Crippen molar-refractivity contribution < 1.29 is 14.5 Å². The predicted octanol–water partition coefficient (Wildman–Crippen LogP) is 5.89. The lowest BCUT2D eigenvalue weighted by molar-refractivity contribution is -0.386. The largest absolute Gasteiger partial charge is 0.496 e. The lowest BCUT2D eigenvalue weighted by atomic mass is 10.0.